The largest absolute Gasteiger partial charge is 0.504 e. The second kappa shape index (κ2) is 9.89. The van der Waals surface area contributed by atoms with Crippen LogP contribution >= 0.6 is 45.7 Å². The summed E-state index contributed by atoms with van der Waals surface area (Å²) < 4.78 is 6.57. The van der Waals surface area contributed by atoms with Crippen molar-refractivity contribution in [2.45, 2.75) is 4.34 Å². The predicted molar refractivity (Wildman–Crippen MR) is 121 cm³/mol. The molecule has 0 radical (unpaired) electrons. The summed E-state index contributed by atoms with van der Waals surface area (Å²) in [5, 5.41) is 15.8. The number of nitrogens with zero attached hydrogens (tertiary/aromatic N) is 2. The molecule has 1 amide bonds. The molecule has 1 aromatic heterocycles. The van der Waals surface area contributed by atoms with Crippen molar-refractivity contribution in [2.75, 3.05) is 12.9 Å². The van der Waals surface area contributed by atoms with E-state index in [1.807, 2.05) is 58.3 Å². The van der Waals surface area contributed by atoms with E-state index in [2.05, 4.69) is 15.5 Å². The van der Waals surface area contributed by atoms with Crippen molar-refractivity contribution in [3.63, 3.8) is 0 Å². The number of thiazole rings is 1. The maximum Gasteiger partial charge on any atom is 0.250 e. The number of carbonyl (C=O) groups excluding carboxylic acids is 1. The van der Waals surface area contributed by atoms with E-state index in [1.54, 1.807) is 12.1 Å². The molecule has 0 aliphatic heterocycles. The van der Waals surface area contributed by atoms with Gasteiger partial charge in [0.1, 0.15) is 0 Å². The molecular formula is C19H16IN3O3S2. The van der Waals surface area contributed by atoms with Crippen LogP contribution in [0.25, 0.3) is 11.3 Å². The topological polar surface area (TPSA) is 83.8 Å². The number of aromatic hydroxyl groups is 1. The Morgan fingerprint density at radius 2 is 2.18 bits per heavy atom. The van der Waals surface area contributed by atoms with E-state index in [0.717, 1.165) is 15.6 Å². The second-order valence-electron chi connectivity index (χ2n) is 5.50. The van der Waals surface area contributed by atoms with E-state index in [1.165, 1.54) is 36.4 Å². The molecule has 3 aromatic rings. The molecule has 0 unspecified atom stereocenters. The first-order valence-electron chi connectivity index (χ1n) is 8.09. The molecule has 6 nitrogen and oxygen atoms in total. The molecular weight excluding hydrogens is 509 g/mol. The van der Waals surface area contributed by atoms with Crippen LogP contribution in [0.5, 0.6) is 11.5 Å². The van der Waals surface area contributed by atoms with Crippen molar-refractivity contribution >= 4 is 57.8 Å². The van der Waals surface area contributed by atoms with E-state index in [-0.39, 0.29) is 17.4 Å². The molecule has 0 fully saturated rings. The summed E-state index contributed by atoms with van der Waals surface area (Å²) >= 11 is 4.88. The minimum atomic E-state index is -0.224. The highest BCUT2D eigenvalue weighted by atomic mass is 127. The monoisotopic (exact) mass is 525 g/mol. The molecule has 0 atom stereocenters. The third-order valence-electron chi connectivity index (χ3n) is 3.55. The molecule has 0 saturated heterocycles. The Kier molecular flexibility index (Phi) is 7.29. The number of hydrazone groups is 1. The highest BCUT2D eigenvalue weighted by molar-refractivity contribution is 14.1. The fourth-order valence-electron chi connectivity index (χ4n) is 2.23. The molecule has 3 rings (SSSR count). The van der Waals surface area contributed by atoms with Gasteiger partial charge in [0.25, 0.3) is 5.91 Å². The van der Waals surface area contributed by atoms with Crippen LogP contribution in [0.2, 0.25) is 0 Å². The number of carbonyl (C=O) groups is 1. The van der Waals surface area contributed by atoms with Gasteiger partial charge in [0.05, 0.1) is 28.3 Å². The van der Waals surface area contributed by atoms with Gasteiger partial charge in [-0.25, -0.2) is 10.4 Å². The van der Waals surface area contributed by atoms with Gasteiger partial charge in [0, 0.05) is 10.9 Å². The summed E-state index contributed by atoms with van der Waals surface area (Å²) in [6.07, 6.45) is 1.50. The van der Waals surface area contributed by atoms with E-state index in [4.69, 9.17) is 4.74 Å². The summed E-state index contributed by atoms with van der Waals surface area (Å²) in [6.45, 7) is 0. The molecule has 9 heteroatoms. The Bertz CT molecular complexity index is 993. The highest BCUT2D eigenvalue weighted by Crippen LogP contribution is 2.32. The molecule has 2 N–H and O–H groups in total. The second-order valence-corrected chi connectivity index (χ2v) is 8.74. The standard InChI is InChI=1S/C19H16IN3O3S2/c1-26-16-8-12(7-14(20)18(16)25)9-21-23-17(24)11-28-19-22-15(10-27-19)13-5-3-2-4-6-13/h2-10,25H,11H2,1H3,(H,23,24)/b21-9+. The van der Waals surface area contributed by atoms with E-state index >= 15 is 0 Å². The Hall–Kier alpha value is -2.11. The number of rotatable bonds is 7. The zero-order valence-corrected chi connectivity index (χ0v) is 18.5. The molecule has 144 valence electrons. The zero-order chi connectivity index (χ0) is 19.9. The first-order valence-corrected chi connectivity index (χ1v) is 11.0. The number of benzene rings is 2. The van der Waals surface area contributed by atoms with Crippen molar-refractivity contribution in [3.05, 3.63) is 57.0 Å². The quantitative estimate of drug-likeness (QED) is 0.207. The van der Waals surface area contributed by atoms with E-state index in [9.17, 15) is 9.90 Å². The van der Waals surface area contributed by atoms with Crippen LogP contribution in [0.15, 0.2) is 57.3 Å². The zero-order valence-electron chi connectivity index (χ0n) is 14.8. The van der Waals surface area contributed by atoms with Gasteiger partial charge in [-0.1, -0.05) is 42.1 Å². The number of amides is 1. The number of ether oxygens (including phenoxy) is 1. The fourth-order valence-corrected chi connectivity index (χ4v) is 4.48. The SMILES string of the molecule is COc1cc(/C=N/NC(=O)CSc2nc(-c3ccccc3)cs2)cc(I)c1O. The number of phenolic OH excluding ortho intramolecular Hbond substituents is 1. The van der Waals surface area contributed by atoms with Gasteiger partial charge in [-0.05, 0) is 40.3 Å². The summed E-state index contributed by atoms with van der Waals surface area (Å²) in [7, 11) is 1.48. The fraction of sp³-hybridized carbons (Fsp3) is 0.105. The summed E-state index contributed by atoms with van der Waals surface area (Å²) in [6, 6.07) is 13.3. The van der Waals surface area contributed by atoms with Crippen LogP contribution in [0.3, 0.4) is 0 Å². The summed E-state index contributed by atoms with van der Waals surface area (Å²) in [5.41, 5.74) is 5.16. The van der Waals surface area contributed by atoms with Crippen LogP contribution in [-0.2, 0) is 4.79 Å². The van der Waals surface area contributed by atoms with Crippen molar-refractivity contribution < 1.29 is 14.6 Å². The Morgan fingerprint density at radius 1 is 1.39 bits per heavy atom. The van der Waals surface area contributed by atoms with Crippen molar-refractivity contribution in [1.29, 1.82) is 0 Å². The lowest BCUT2D eigenvalue weighted by atomic mass is 10.2. The van der Waals surface area contributed by atoms with Gasteiger partial charge >= 0.3 is 0 Å². The normalized spacial score (nSPS) is 10.9. The average Bonchev–Trinajstić information content (AvgIpc) is 3.19. The molecule has 0 aliphatic carbocycles. The van der Waals surface area contributed by atoms with Crippen molar-refractivity contribution in [1.82, 2.24) is 10.4 Å². The Labute approximate surface area is 184 Å². The average molecular weight is 525 g/mol. The third-order valence-corrected chi connectivity index (χ3v) is 6.40. The van der Waals surface area contributed by atoms with Gasteiger partial charge in [-0.3, -0.25) is 4.79 Å². The molecule has 28 heavy (non-hydrogen) atoms. The van der Waals surface area contributed by atoms with Gasteiger partial charge in [-0.15, -0.1) is 11.3 Å². The minimum Gasteiger partial charge on any atom is -0.504 e. The number of hydrogen-bond acceptors (Lipinski definition) is 7. The molecule has 2 aromatic carbocycles. The van der Waals surface area contributed by atoms with E-state index < -0.39 is 0 Å². The lowest BCUT2D eigenvalue weighted by molar-refractivity contribution is -0.118. The first kappa shape index (κ1) is 20.6. The lowest BCUT2D eigenvalue weighted by Crippen LogP contribution is -2.19. The smallest absolute Gasteiger partial charge is 0.250 e. The number of halogens is 1. The number of phenols is 1. The van der Waals surface area contributed by atoms with Crippen LogP contribution in [-0.4, -0.2) is 35.1 Å². The number of aromatic nitrogens is 1. The molecule has 1 heterocycles. The molecule has 0 saturated carbocycles. The molecule has 0 spiro atoms. The van der Waals surface area contributed by atoms with Crippen molar-refractivity contribution in [2.24, 2.45) is 5.10 Å². The number of nitrogens with one attached hydrogen (secondary N) is 1. The Morgan fingerprint density at radius 3 is 2.93 bits per heavy atom. The number of methoxy groups -OCH3 is 1. The molecule has 0 aliphatic rings. The highest BCUT2D eigenvalue weighted by Gasteiger charge is 2.09. The maximum absolute atomic E-state index is 12.0. The van der Waals surface area contributed by atoms with Gasteiger partial charge in [-0.2, -0.15) is 5.10 Å². The van der Waals surface area contributed by atoms with Gasteiger partial charge in [0.15, 0.2) is 15.8 Å². The number of thioether (sulfide) groups is 1. The Balaban J connectivity index is 1.52. The van der Waals surface area contributed by atoms with Crippen LogP contribution in [0.1, 0.15) is 5.56 Å². The summed E-state index contributed by atoms with van der Waals surface area (Å²) in [5.74, 6) is 0.431. The maximum atomic E-state index is 12.0. The van der Waals surface area contributed by atoms with Gasteiger partial charge in [0.2, 0.25) is 0 Å². The minimum absolute atomic E-state index is 0.0824. The lowest BCUT2D eigenvalue weighted by Gasteiger charge is -2.06. The van der Waals surface area contributed by atoms with Crippen LogP contribution < -0.4 is 10.2 Å². The molecule has 0 bridgehead atoms. The summed E-state index contributed by atoms with van der Waals surface area (Å²) in [4.78, 5) is 16.5. The van der Waals surface area contributed by atoms with Gasteiger partial charge < -0.3 is 9.84 Å². The predicted octanol–water partition coefficient (Wildman–Crippen LogP) is 4.37. The number of hydrogen-bond donors (Lipinski definition) is 2. The van der Waals surface area contributed by atoms with Crippen LogP contribution in [0.4, 0.5) is 0 Å². The van der Waals surface area contributed by atoms with Crippen LogP contribution in [0, 0.1) is 3.57 Å². The first-order chi connectivity index (χ1) is 13.6. The van der Waals surface area contributed by atoms with Crippen molar-refractivity contribution in [3.8, 4) is 22.8 Å². The van der Waals surface area contributed by atoms with E-state index in [0.29, 0.717) is 14.9 Å². The third kappa shape index (κ3) is 5.46.